The molecule has 2 unspecified atom stereocenters. The van der Waals surface area contributed by atoms with Crippen molar-refractivity contribution < 1.29 is 14.3 Å². The highest BCUT2D eigenvalue weighted by Gasteiger charge is 2.41. The zero-order valence-electron chi connectivity index (χ0n) is 20.7. The molecule has 0 spiro atoms. The number of nitrogens with zero attached hydrogens (tertiary/aromatic N) is 1. The molecule has 3 aromatic rings. The number of hydrogen-bond donors (Lipinski definition) is 1. The van der Waals surface area contributed by atoms with E-state index in [0.29, 0.717) is 24.4 Å². The van der Waals surface area contributed by atoms with E-state index in [0.717, 1.165) is 42.4 Å². The van der Waals surface area contributed by atoms with Crippen molar-refractivity contribution >= 4 is 17.9 Å². The summed E-state index contributed by atoms with van der Waals surface area (Å²) in [6.45, 7) is 3.13. The number of nitrogens with one attached hydrogen (secondary N) is 1. The minimum absolute atomic E-state index is 0.0242. The molecule has 0 bridgehead atoms. The maximum atomic E-state index is 13.5. The minimum atomic E-state index is -0.127. The van der Waals surface area contributed by atoms with Gasteiger partial charge in [-0.05, 0) is 61.1 Å². The van der Waals surface area contributed by atoms with Crippen LogP contribution in [0.3, 0.4) is 0 Å². The Balaban J connectivity index is 1.30. The number of fused-ring (bicyclic) bond motifs is 1. The average Bonchev–Trinajstić information content (AvgIpc) is 2.92. The third-order valence-electron chi connectivity index (χ3n) is 7.06. The summed E-state index contributed by atoms with van der Waals surface area (Å²) in [6.07, 6.45) is 6.00. The second-order valence-corrected chi connectivity index (χ2v) is 9.73. The normalized spacial score (nSPS) is 20.5. The fourth-order valence-corrected chi connectivity index (χ4v) is 5.01. The molecule has 1 saturated heterocycles. The molecule has 36 heavy (non-hydrogen) atoms. The van der Waals surface area contributed by atoms with Gasteiger partial charge in [0.25, 0.3) is 11.8 Å². The monoisotopic (exact) mass is 480 g/mol. The molecule has 2 fully saturated rings. The van der Waals surface area contributed by atoms with Gasteiger partial charge in [0.05, 0.1) is 6.04 Å². The smallest absolute Gasteiger partial charge is 0.289 e. The third-order valence-corrected chi connectivity index (χ3v) is 7.06. The molecular weight excluding hydrogens is 448 g/mol. The number of amides is 2. The van der Waals surface area contributed by atoms with Gasteiger partial charge in [-0.2, -0.15) is 0 Å². The van der Waals surface area contributed by atoms with Gasteiger partial charge in [-0.25, -0.2) is 0 Å². The maximum absolute atomic E-state index is 13.5. The highest BCUT2D eigenvalue weighted by Crippen LogP contribution is 2.34. The van der Waals surface area contributed by atoms with Gasteiger partial charge < -0.3 is 15.0 Å². The summed E-state index contributed by atoms with van der Waals surface area (Å²) in [5, 5.41) is 2.95. The molecule has 5 rings (SSSR count). The first-order valence-corrected chi connectivity index (χ1v) is 12.7. The molecule has 1 saturated carbocycles. The van der Waals surface area contributed by atoms with E-state index >= 15 is 0 Å². The third kappa shape index (κ3) is 5.51. The Morgan fingerprint density at radius 3 is 2.42 bits per heavy atom. The highest BCUT2D eigenvalue weighted by molar-refractivity contribution is 5.97. The molecule has 1 aliphatic heterocycles. The molecule has 2 aliphatic rings. The van der Waals surface area contributed by atoms with Gasteiger partial charge in [0.2, 0.25) is 0 Å². The first kappa shape index (κ1) is 23.9. The van der Waals surface area contributed by atoms with Crippen LogP contribution in [-0.4, -0.2) is 28.9 Å². The van der Waals surface area contributed by atoms with Crippen LogP contribution in [0.15, 0.2) is 84.6 Å². The standard InChI is InChI=1S/C31H32N2O3/c1-22-11-13-25(14-12-22)21-33-27-9-5-6-10-28(27)36-29(31(33)35)19-23-15-17-26(18-16-23)30(34)32-20-24-7-3-2-4-8-24/h2-4,7-8,11-19,27-28H,5-6,9-10,20-21H2,1H3,(H,32,34)/b29-19+. The van der Waals surface area contributed by atoms with Crippen LogP contribution in [0.2, 0.25) is 0 Å². The summed E-state index contributed by atoms with van der Waals surface area (Å²) in [4.78, 5) is 28.1. The van der Waals surface area contributed by atoms with Crippen molar-refractivity contribution in [3.8, 4) is 0 Å². The van der Waals surface area contributed by atoms with Gasteiger partial charge in [-0.15, -0.1) is 0 Å². The van der Waals surface area contributed by atoms with Crippen molar-refractivity contribution in [1.29, 1.82) is 0 Å². The molecule has 184 valence electrons. The molecule has 1 heterocycles. The zero-order valence-corrected chi connectivity index (χ0v) is 20.7. The molecule has 2 amide bonds. The highest BCUT2D eigenvalue weighted by atomic mass is 16.5. The van der Waals surface area contributed by atoms with E-state index in [1.165, 1.54) is 5.56 Å². The molecule has 3 aromatic carbocycles. The largest absolute Gasteiger partial charge is 0.482 e. The van der Waals surface area contributed by atoms with Crippen LogP contribution in [0.25, 0.3) is 6.08 Å². The summed E-state index contributed by atoms with van der Waals surface area (Å²) in [7, 11) is 0. The topological polar surface area (TPSA) is 58.6 Å². The van der Waals surface area contributed by atoms with Crippen molar-refractivity contribution in [3.63, 3.8) is 0 Å². The fraction of sp³-hybridized carbons (Fsp3) is 0.290. The fourth-order valence-electron chi connectivity index (χ4n) is 5.01. The van der Waals surface area contributed by atoms with Crippen LogP contribution in [0.1, 0.15) is 58.3 Å². The number of carbonyl (C=O) groups is 2. The van der Waals surface area contributed by atoms with E-state index in [9.17, 15) is 9.59 Å². The molecule has 1 N–H and O–H groups in total. The number of morpholine rings is 1. The lowest BCUT2D eigenvalue weighted by atomic mass is 9.89. The Kier molecular flexibility index (Phi) is 7.17. The van der Waals surface area contributed by atoms with E-state index in [4.69, 9.17) is 4.74 Å². The Morgan fingerprint density at radius 2 is 1.67 bits per heavy atom. The summed E-state index contributed by atoms with van der Waals surface area (Å²) < 4.78 is 6.25. The molecule has 0 radical (unpaired) electrons. The van der Waals surface area contributed by atoms with Crippen LogP contribution in [0, 0.1) is 6.92 Å². The van der Waals surface area contributed by atoms with E-state index < -0.39 is 0 Å². The minimum Gasteiger partial charge on any atom is -0.482 e. The molecule has 0 aromatic heterocycles. The van der Waals surface area contributed by atoms with Crippen LogP contribution in [0.4, 0.5) is 0 Å². The van der Waals surface area contributed by atoms with Crippen molar-refractivity contribution in [3.05, 3.63) is 112 Å². The number of hydrogen-bond acceptors (Lipinski definition) is 3. The van der Waals surface area contributed by atoms with Crippen molar-refractivity contribution in [2.75, 3.05) is 0 Å². The van der Waals surface area contributed by atoms with Gasteiger partial charge in [0.15, 0.2) is 5.76 Å². The molecule has 5 nitrogen and oxygen atoms in total. The number of carbonyl (C=O) groups excluding carboxylic acids is 2. The van der Waals surface area contributed by atoms with E-state index in [-0.39, 0.29) is 24.0 Å². The van der Waals surface area contributed by atoms with E-state index in [2.05, 4.69) is 36.5 Å². The zero-order chi connectivity index (χ0) is 24.9. The molecule has 5 heteroatoms. The summed E-state index contributed by atoms with van der Waals surface area (Å²) in [6, 6.07) is 25.6. The maximum Gasteiger partial charge on any atom is 0.289 e. The van der Waals surface area contributed by atoms with Crippen LogP contribution in [-0.2, 0) is 22.6 Å². The Bertz CT molecular complexity index is 1230. The summed E-state index contributed by atoms with van der Waals surface area (Å²) in [5.74, 6) is 0.187. The predicted octanol–water partition coefficient (Wildman–Crippen LogP) is 5.64. The van der Waals surface area contributed by atoms with Gasteiger partial charge in [-0.1, -0.05) is 78.7 Å². The van der Waals surface area contributed by atoms with E-state index in [1.807, 2.05) is 47.4 Å². The number of benzene rings is 3. The molecule has 1 aliphatic carbocycles. The first-order valence-electron chi connectivity index (χ1n) is 12.7. The summed E-state index contributed by atoms with van der Waals surface area (Å²) in [5.41, 5.74) is 4.81. The van der Waals surface area contributed by atoms with Gasteiger partial charge in [0, 0.05) is 18.7 Å². The first-order chi connectivity index (χ1) is 17.6. The quantitative estimate of drug-likeness (QED) is 0.465. The second kappa shape index (κ2) is 10.8. The Hall–Kier alpha value is -3.86. The SMILES string of the molecule is Cc1ccc(CN2C(=O)/C(=C\c3ccc(C(=O)NCc4ccccc4)cc3)OC3CCCCC32)cc1. The lowest BCUT2D eigenvalue weighted by molar-refractivity contribution is -0.149. The average molecular weight is 481 g/mol. The number of aryl methyl sites for hydroxylation is 1. The van der Waals surface area contributed by atoms with Gasteiger partial charge in [-0.3, -0.25) is 9.59 Å². The number of rotatable bonds is 6. The van der Waals surface area contributed by atoms with Crippen molar-refractivity contribution in [1.82, 2.24) is 10.2 Å². The van der Waals surface area contributed by atoms with Crippen LogP contribution in [0.5, 0.6) is 0 Å². The number of ether oxygens (including phenoxy) is 1. The van der Waals surface area contributed by atoms with Crippen LogP contribution >= 0.6 is 0 Å². The Labute approximate surface area is 212 Å². The predicted molar refractivity (Wildman–Crippen MR) is 141 cm³/mol. The van der Waals surface area contributed by atoms with Gasteiger partial charge >= 0.3 is 0 Å². The Morgan fingerprint density at radius 1 is 0.944 bits per heavy atom. The lowest BCUT2D eigenvalue weighted by Crippen LogP contribution is -2.54. The second-order valence-electron chi connectivity index (χ2n) is 9.73. The van der Waals surface area contributed by atoms with Crippen molar-refractivity contribution in [2.24, 2.45) is 0 Å². The lowest BCUT2D eigenvalue weighted by Gasteiger charge is -2.44. The van der Waals surface area contributed by atoms with Gasteiger partial charge in [0.1, 0.15) is 6.10 Å². The van der Waals surface area contributed by atoms with Crippen LogP contribution < -0.4 is 5.32 Å². The molecule has 2 atom stereocenters. The summed E-state index contributed by atoms with van der Waals surface area (Å²) >= 11 is 0. The van der Waals surface area contributed by atoms with E-state index in [1.54, 1.807) is 18.2 Å². The van der Waals surface area contributed by atoms with Crippen molar-refractivity contribution in [2.45, 2.75) is 57.8 Å². The molecular formula is C31H32N2O3.